The number of nitrogens with zero attached hydrogens (tertiary/aromatic N) is 1. The molecule has 2 heterocycles. The van der Waals surface area contributed by atoms with Gasteiger partial charge in [0.2, 0.25) is 0 Å². The highest BCUT2D eigenvalue weighted by atomic mass is 16.5. The van der Waals surface area contributed by atoms with Gasteiger partial charge >= 0.3 is 5.97 Å². The third-order valence-electron chi connectivity index (χ3n) is 3.58. The van der Waals surface area contributed by atoms with Crippen molar-refractivity contribution >= 4 is 11.9 Å². The minimum atomic E-state index is -1.10. The Morgan fingerprint density at radius 2 is 2.10 bits per heavy atom. The third-order valence-corrected chi connectivity index (χ3v) is 3.58. The first-order valence-electron chi connectivity index (χ1n) is 6.66. The van der Waals surface area contributed by atoms with E-state index in [0.29, 0.717) is 11.5 Å². The summed E-state index contributed by atoms with van der Waals surface area (Å²) >= 11 is 0. The number of carbonyl (C=O) groups excluding carboxylic acids is 1. The summed E-state index contributed by atoms with van der Waals surface area (Å²) in [5.74, 6) is -0.917. The lowest BCUT2D eigenvalue weighted by molar-refractivity contribution is 0.0538. The Hall–Kier alpha value is -1.95. The Morgan fingerprint density at radius 3 is 2.65 bits per heavy atom. The van der Waals surface area contributed by atoms with Crippen LogP contribution in [0.15, 0.2) is 18.3 Å². The minimum absolute atomic E-state index is 0.0607. The molecule has 0 spiro atoms. The van der Waals surface area contributed by atoms with E-state index in [4.69, 9.17) is 9.84 Å². The van der Waals surface area contributed by atoms with Crippen LogP contribution in [0.4, 0.5) is 0 Å². The maximum atomic E-state index is 12.0. The van der Waals surface area contributed by atoms with Crippen molar-refractivity contribution in [2.45, 2.75) is 25.8 Å². The van der Waals surface area contributed by atoms with Crippen molar-refractivity contribution in [3.63, 3.8) is 0 Å². The number of aromatic nitrogens is 1. The number of carboxylic acid groups (broad SMARTS) is 1. The molecular formula is C14H18N2O4. The van der Waals surface area contributed by atoms with Crippen molar-refractivity contribution < 1.29 is 19.4 Å². The van der Waals surface area contributed by atoms with E-state index < -0.39 is 5.97 Å². The van der Waals surface area contributed by atoms with E-state index in [0.717, 1.165) is 26.1 Å². The second kappa shape index (κ2) is 6.47. The van der Waals surface area contributed by atoms with Crippen molar-refractivity contribution in [2.75, 3.05) is 13.2 Å². The number of rotatable bonds is 4. The van der Waals surface area contributed by atoms with Gasteiger partial charge in [0.1, 0.15) is 5.69 Å². The molecule has 0 bridgehead atoms. The summed E-state index contributed by atoms with van der Waals surface area (Å²) in [5, 5.41) is 11.7. The Balaban J connectivity index is 1.95. The van der Waals surface area contributed by atoms with Crippen LogP contribution in [0.2, 0.25) is 0 Å². The molecule has 6 heteroatoms. The van der Waals surface area contributed by atoms with Crippen LogP contribution < -0.4 is 5.32 Å². The quantitative estimate of drug-likeness (QED) is 0.867. The summed E-state index contributed by atoms with van der Waals surface area (Å²) < 4.78 is 5.30. The standard InChI is InChI=1S/C14H18N2O4/c1-9(10-4-6-20-7-5-10)16-13(17)11-2-3-12(14(18)19)15-8-11/h2-3,8-10H,4-7H2,1H3,(H,16,17)(H,18,19)/t9-/m0/s1. The summed E-state index contributed by atoms with van der Waals surface area (Å²) in [6, 6.07) is 2.87. The second-order valence-electron chi connectivity index (χ2n) is 4.95. The molecule has 1 atom stereocenters. The van der Waals surface area contributed by atoms with E-state index in [1.807, 2.05) is 6.92 Å². The normalized spacial score (nSPS) is 17.4. The molecule has 1 aromatic heterocycles. The van der Waals surface area contributed by atoms with Crippen LogP contribution in [0.3, 0.4) is 0 Å². The van der Waals surface area contributed by atoms with E-state index in [1.54, 1.807) is 0 Å². The molecular weight excluding hydrogens is 260 g/mol. The number of nitrogens with one attached hydrogen (secondary N) is 1. The first kappa shape index (κ1) is 14.5. The number of ether oxygens (including phenoxy) is 1. The van der Waals surface area contributed by atoms with Gasteiger partial charge in [0.15, 0.2) is 0 Å². The number of amides is 1. The van der Waals surface area contributed by atoms with E-state index in [2.05, 4.69) is 10.3 Å². The molecule has 1 aromatic rings. The molecule has 0 radical (unpaired) electrons. The van der Waals surface area contributed by atoms with Gasteiger partial charge in [-0.25, -0.2) is 9.78 Å². The number of hydrogen-bond donors (Lipinski definition) is 2. The highest BCUT2D eigenvalue weighted by Crippen LogP contribution is 2.18. The summed E-state index contributed by atoms with van der Waals surface area (Å²) in [5.41, 5.74) is 0.299. The Bertz CT molecular complexity index is 480. The second-order valence-corrected chi connectivity index (χ2v) is 4.95. The van der Waals surface area contributed by atoms with Crippen LogP contribution >= 0.6 is 0 Å². The molecule has 2 N–H and O–H groups in total. The van der Waals surface area contributed by atoms with Gasteiger partial charge in [0.25, 0.3) is 5.91 Å². The lowest BCUT2D eigenvalue weighted by atomic mass is 9.93. The maximum Gasteiger partial charge on any atom is 0.354 e. The number of pyridine rings is 1. The van der Waals surface area contributed by atoms with Gasteiger partial charge in [-0.05, 0) is 37.8 Å². The van der Waals surface area contributed by atoms with Crippen molar-refractivity contribution in [3.05, 3.63) is 29.6 Å². The zero-order chi connectivity index (χ0) is 14.5. The fourth-order valence-corrected chi connectivity index (χ4v) is 2.28. The largest absolute Gasteiger partial charge is 0.477 e. The molecule has 0 saturated carbocycles. The molecule has 1 aliphatic heterocycles. The molecule has 0 unspecified atom stereocenters. The van der Waals surface area contributed by atoms with Gasteiger partial charge in [-0.3, -0.25) is 4.79 Å². The molecule has 1 aliphatic rings. The smallest absolute Gasteiger partial charge is 0.354 e. The number of aromatic carboxylic acids is 1. The number of hydrogen-bond acceptors (Lipinski definition) is 4. The molecule has 0 aliphatic carbocycles. The van der Waals surface area contributed by atoms with Crippen molar-refractivity contribution in [1.29, 1.82) is 0 Å². The molecule has 0 aromatic carbocycles. The zero-order valence-corrected chi connectivity index (χ0v) is 11.3. The average molecular weight is 278 g/mol. The lowest BCUT2D eigenvalue weighted by Crippen LogP contribution is -2.40. The summed E-state index contributed by atoms with van der Waals surface area (Å²) in [6.07, 6.45) is 3.17. The van der Waals surface area contributed by atoms with Crippen LogP contribution in [0.25, 0.3) is 0 Å². The molecule has 1 saturated heterocycles. The Labute approximate surface area is 117 Å². The van der Waals surface area contributed by atoms with E-state index in [1.165, 1.54) is 18.3 Å². The SMILES string of the molecule is C[C@H](NC(=O)c1ccc(C(=O)O)nc1)C1CCOCC1. The molecule has 1 fully saturated rings. The Morgan fingerprint density at radius 1 is 1.40 bits per heavy atom. The maximum absolute atomic E-state index is 12.0. The predicted octanol–water partition coefficient (Wildman–Crippen LogP) is 1.32. The topological polar surface area (TPSA) is 88.5 Å². The van der Waals surface area contributed by atoms with Gasteiger partial charge in [-0.1, -0.05) is 0 Å². The van der Waals surface area contributed by atoms with Gasteiger partial charge < -0.3 is 15.2 Å². The highest BCUT2D eigenvalue weighted by molar-refractivity contribution is 5.95. The zero-order valence-electron chi connectivity index (χ0n) is 11.3. The first-order chi connectivity index (χ1) is 9.58. The predicted molar refractivity (Wildman–Crippen MR) is 71.7 cm³/mol. The third kappa shape index (κ3) is 3.54. The van der Waals surface area contributed by atoms with E-state index in [9.17, 15) is 9.59 Å². The highest BCUT2D eigenvalue weighted by Gasteiger charge is 2.22. The first-order valence-corrected chi connectivity index (χ1v) is 6.66. The fraction of sp³-hybridized carbons (Fsp3) is 0.500. The van der Waals surface area contributed by atoms with E-state index >= 15 is 0 Å². The Kier molecular flexibility index (Phi) is 4.68. The molecule has 1 amide bonds. The van der Waals surface area contributed by atoms with Crippen LogP contribution in [-0.4, -0.2) is 41.2 Å². The van der Waals surface area contributed by atoms with Crippen LogP contribution in [0, 0.1) is 5.92 Å². The summed E-state index contributed by atoms with van der Waals surface area (Å²) in [4.78, 5) is 26.5. The van der Waals surface area contributed by atoms with Gasteiger partial charge in [-0.2, -0.15) is 0 Å². The van der Waals surface area contributed by atoms with Crippen LogP contribution in [-0.2, 0) is 4.74 Å². The number of carboxylic acids is 1. The molecule has 20 heavy (non-hydrogen) atoms. The molecule has 108 valence electrons. The fourth-order valence-electron chi connectivity index (χ4n) is 2.28. The summed E-state index contributed by atoms with van der Waals surface area (Å²) in [7, 11) is 0. The van der Waals surface area contributed by atoms with Gasteiger partial charge in [-0.15, -0.1) is 0 Å². The van der Waals surface area contributed by atoms with Gasteiger partial charge in [0, 0.05) is 25.5 Å². The monoisotopic (exact) mass is 278 g/mol. The van der Waals surface area contributed by atoms with Crippen molar-refractivity contribution in [2.24, 2.45) is 5.92 Å². The molecule has 6 nitrogen and oxygen atoms in total. The number of carbonyl (C=O) groups is 2. The van der Waals surface area contributed by atoms with E-state index in [-0.39, 0.29) is 17.6 Å². The van der Waals surface area contributed by atoms with Crippen LogP contribution in [0.1, 0.15) is 40.6 Å². The summed E-state index contributed by atoms with van der Waals surface area (Å²) in [6.45, 7) is 3.45. The minimum Gasteiger partial charge on any atom is -0.477 e. The van der Waals surface area contributed by atoms with Crippen molar-refractivity contribution in [3.8, 4) is 0 Å². The van der Waals surface area contributed by atoms with Crippen molar-refractivity contribution in [1.82, 2.24) is 10.3 Å². The lowest BCUT2D eigenvalue weighted by Gasteiger charge is -2.28. The van der Waals surface area contributed by atoms with Crippen LogP contribution in [0.5, 0.6) is 0 Å². The average Bonchev–Trinajstić information content (AvgIpc) is 2.48. The van der Waals surface area contributed by atoms with Gasteiger partial charge in [0.05, 0.1) is 5.56 Å². The molecule has 2 rings (SSSR count).